The van der Waals surface area contributed by atoms with E-state index in [1.54, 1.807) is 0 Å². The first-order valence-corrected chi connectivity index (χ1v) is 6.78. The Hall–Kier alpha value is -1.27. The van der Waals surface area contributed by atoms with Crippen LogP contribution in [0.1, 0.15) is 12.8 Å². The van der Waals surface area contributed by atoms with E-state index in [1.165, 1.54) is 24.3 Å². The molecular weight excluding hydrogens is 240 g/mol. The van der Waals surface area contributed by atoms with Crippen molar-refractivity contribution >= 4 is 16.5 Å². The molecule has 0 saturated heterocycles. The highest BCUT2D eigenvalue weighted by Crippen LogP contribution is 2.32. The molecule has 0 aliphatic heterocycles. The van der Waals surface area contributed by atoms with Gasteiger partial charge in [-0.15, -0.1) is 0 Å². The second-order valence-electron chi connectivity index (χ2n) is 4.26. The molecule has 92 valence electrons. The highest BCUT2D eigenvalue weighted by molar-refractivity contribution is 7.85. The van der Waals surface area contributed by atoms with E-state index in [0.717, 1.165) is 12.8 Å². The van der Waals surface area contributed by atoms with E-state index in [-0.39, 0.29) is 11.7 Å². The van der Waals surface area contributed by atoms with Gasteiger partial charge in [0.1, 0.15) is 0 Å². The summed E-state index contributed by atoms with van der Waals surface area (Å²) in [6.07, 6.45) is 2.25. The Morgan fingerprint density at radius 1 is 1.41 bits per heavy atom. The average Bonchev–Trinajstić information content (AvgIpc) is 3.12. The standard InChI is InChI=1S/C11H14N2O3S/c12-11(8-1-2-8)7-17(16)10-5-3-9(4-6-10)13(14)15/h3-6,8,11H,1-2,7,12H2. The number of nitro groups is 1. The van der Waals surface area contributed by atoms with Gasteiger partial charge in [0.05, 0.1) is 15.7 Å². The van der Waals surface area contributed by atoms with E-state index in [9.17, 15) is 14.3 Å². The Balaban J connectivity index is 2.00. The average molecular weight is 254 g/mol. The Morgan fingerprint density at radius 3 is 2.47 bits per heavy atom. The molecule has 6 heteroatoms. The first kappa shape index (κ1) is 12.2. The molecule has 0 aromatic heterocycles. The molecule has 0 spiro atoms. The van der Waals surface area contributed by atoms with Gasteiger partial charge in [-0.3, -0.25) is 14.3 Å². The number of benzene rings is 1. The van der Waals surface area contributed by atoms with Crippen molar-refractivity contribution in [1.82, 2.24) is 0 Å². The molecule has 0 radical (unpaired) electrons. The zero-order chi connectivity index (χ0) is 12.4. The number of nitrogens with zero attached hydrogens (tertiary/aromatic N) is 1. The third-order valence-corrected chi connectivity index (χ3v) is 4.37. The summed E-state index contributed by atoms with van der Waals surface area (Å²) in [5.74, 6) is 0.944. The second kappa shape index (κ2) is 4.93. The first-order chi connectivity index (χ1) is 8.08. The van der Waals surface area contributed by atoms with Gasteiger partial charge in [-0.05, 0) is 30.9 Å². The van der Waals surface area contributed by atoms with Crippen LogP contribution in [0.25, 0.3) is 0 Å². The molecule has 1 aromatic carbocycles. The lowest BCUT2D eigenvalue weighted by Crippen LogP contribution is -2.29. The van der Waals surface area contributed by atoms with Crippen molar-refractivity contribution in [3.8, 4) is 0 Å². The van der Waals surface area contributed by atoms with Crippen molar-refractivity contribution < 1.29 is 9.13 Å². The van der Waals surface area contributed by atoms with Gasteiger partial charge >= 0.3 is 0 Å². The van der Waals surface area contributed by atoms with Crippen molar-refractivity contribution in [3.05, 3.63) is 34.4 Å². The van der Waals surface area contributed by atoms with Crippen molar-refractivity contribution in [2.45, 2.75) is 23.8 Å². The molecule has 1 aliphatic rings. The van der Waals surface area contributed by atoms with Gasteiger partial charge in [0.25, 0.3) is 5.69 Å². The van der Waals surface area contributed by atoms with Gasteiger partial charge in [0, 0.05) is 28.8 Å². The van der Waals surface area contributed by atoms with Crippen molar-refractivity contribution in [3.63, 3.8) is 0 Å². The number of hydrogen-bond donors (Lipinski definition) is 1. The van der Waals surface area contributed by atoms with E-state index in [1.807, 2.05) is 0 Å². The van der Waals surface area contributed by atoms with Crippen LogP contribution in [-0.2, 0) is 10.8 Å². The smallest absolute Gasteiger partial charge is 0.269 e. The van der Waals surface area contributed by atoms with Crippen LogP contribution in [0.15, 0.2) is 29.2 Å². The molecule has 17 heavy (non-hydrogen) atoms. The van der Waals surface area contributed by atoms with Crippen LogP contribution >= 0.6 is 0 Å². The van der Waals surface area contributed by atoms with Crippen LogP contribution in [0.3, 0.4) is 0 Å². The predicted octanol–water partition coefficient (Wildman–Crippen LogP) is 1.44. The monoisotopic (exact) mass is 254 g/mol. The summed E-state index contributed by atoms with van der Waals surface area (Å²) in [6.45, 7) is 0. The minimum absolute atomic E-state index is 0.0113. The molecule has 0 amide bonds. The Bertz CT molecular complexity index is 443. The summed E-state index contributed by atoms with van der Waals surface area (Å²) in [5, 5.41) is 10.5. The van der Waals surface area contributed by atoms with Gasteiger partial charge in [-0.2, -0.15) is 0 Å². The molecule has 5 nitrogen and oxygen atoms in total. The third kappa shape index (κ3) is 3.10. The molecule has 0 heterocycles. The number of nitro benzene ring substituents is 1. The number of rotatable bonds is 5. The van der Waals surface area contributed by atoms with Crippen LogP contribution in [-0.4, -0.2) is 20.9 Å². The van der Waals surface area contributed by atoms with Crippen LogP contribution < -0.4 is 5.73 Å². The van der Waals surface area contributed by atoms with Crippen LogP contribution in [0.4, 0.5) is 5.69 Å². The normalized spacial score (nSPS) is 18.6. The zero-order valence-corrected chi connectivity index (χ0v) is 10.1. The number of nitrogens with two attached hydrogens (primary N) is 1. The predicted molar refractivity (Wildman–Crippen MR) is 65.1 cm³/mol. The van der Waals surface area contributed by atoms with Crippen molar-refractivity contribution in [2.24, 2.45) is 11.7 Å². The summed E-state index contributed by atoms with van der Waals surface area (Å²) >= 11 is 0. The lowest BCUT2D eigenvalue weighted by Gasteiger charge is -2.09. The molecule has 0 bridgehead atoms. The van der Waals surface area contributed by atoms with Crippen molar-refractivity contribution in [1.29, 1.82) is 0 Å². The molecule has 2 rings (SSSR count). The Labute approximate surface area is 102 Å². The van der Waals surface area contributed by atoms with Crippen LogP contribution in [0.2, 0.25) is 0 Å². The van der Waals surface area contributed by atoms with E-state index < -0.39 is 15.7 Å². The minimum Gasteiger partial charge on any atom is -0.327 e. The molecule has 1 fully saturated rings. The van der Waals surface area contributed by atoms with Gasteiger partial charge in [0.2, 0.25) is 0 Å². The van der Waals surface area contributed by atoms with Gasteiger partial charge in [-0.25, -0.2) is 0 Å². The quantitative estimate of drug-likeness (QED) is 0.636. The zero-order valence-electron chi connectivity index (χ0n) is 9.24. The van der Waals surface area contributed by atoms with E-state index >= 15 is 0 Å². The number of hydrogen-bond acceptors (Lipinski definition) is 4. The van der Waals surface area contributed by atoms with Crippen LogP contribution in [0.5, 0.6) is 0 Å². The fourth-order valence-corrected chi connectivity index (χ4v) is 2.90. The lowest BCUT2D eigenvalue weighted by molar-refractivity contribution is -0.384. The van der Waals surface area contributed by atoms with E-state index in [4.69, 9.17) is 5.73 Å². The second-order valence-corrected chi connectivity index (χ2v) is 5.76. The maximum Gasteiger partial charge on any atom is 0.269 e. The summed E-state index contributed by atoms with van der Waals surface area (Å²) in [7, 11) is -1.16. The molecule has 1 saturated carbocycles. The fourth-order valence-electron chi connectivity index (χ4n) is 1.65. The molecule has 2 N–H and O–H groups in total. The van der Waals surface area contributed by atoms with Gasteiger partial charge < -0.3 is 5.73 Å². The molecule has 1 aliphatic carbocycles. The summed E-state index contributed by atoms with van der Waals surface area (Å²) in [4.78, 5) is 10.6. The summed E-state index contributed by atoms with van der Waals surface area (Å²) in [6, 6.07) is 5.79. The summed E-state index contributed by atoms with van der Waals surface area (Å²) in [5.41, 5.74) is 5.91. The van der Waals surface area contributed by atoms with Crippen LogP contribution in [0, 0.1) is 16.0 Å². The van der Waals surface area contributed by atoms with E-state index in [0.29, 0.717) is 16.6 Å². The topological polar surface area (TPSA) is 86.2 Å². The maximum atomic E-state index is 11.9. The van der Waals surface area contributed by atoms with E-state index in [2.05, 4.69) is 0 Å². The summed E-state index contributed by atoms with van der Waals surface area (Å²) < 4.78 is 11.9. The van der Waals surface area contributed by atoms with Crippen molar-refractivity contribution in [2.75, 3.05) is 5.75 Å². The lowest BCUT2D eigenvalue weighted by atomic mass is 10.2. The Morgan fingerprint density at radius 2 is 2.00 bits per heavy atom. The van der Waals surface area contributed by atoms with Gasteiger partial charge in [0.15, 0.2) is 0 Å². The first-order valence-electron chi connectivity index (χ1n) is 5.46. The third-order valence-electron chi connectivity index (χ3n) is 2.88. The molecule has 2 unspecified atom stereocenters. The number of non-ortho nitro benzene ring substituents is 1. The highest BCUT2D eigenvalue weighted by Gasteiger charge is 2.29. The SMILES string of the molecule is NC(CS(=O)c1ccc([N+](=O)[O-])cc1)C1CC1. The molecule has 2 atom stereocenters. The largest absolute Gasteiger partial charge is 0.327 e. The minimum atomic E-state index is -1.16. The Kier molecular flexibility index (Phi) is 3.54. The molecular formula is C11H14N2O3S. The fraction of sp³-hybridized carbons (Fsp3) is 0.455. The maximum absolute atomic E-state index is 11.9. The molecule has 1 aromatic rings. The highest BCUT2D eigenvalue weighted by atomic mass is 32.2. The van der Waals surface area contributed by atoms with Gasteiger partial charge in [-0.1, -0.05) is 0 Å².